The van der Waals surface area contributed by atoms with Crippen LogP contribution in [0, 0.1) is 0 Å². The number of amides is 1. The van der Waals surface area contributed by atoms with Crippen molar-refractivity contribution >= 4 is 27.3 Å². The molecule has 0 spiro atoms. The van der Waals surface area contributed by atoms with Gasteiger partial charge < -0.3 is 20.1 Å². The quantitative estimate of drug-likeness (QED) is 0.610. The van der Waals surface area contributed by atoms with E-state index in [0.29, 0.717) is 11.4 Å². The lowest BCUT2D eigenvalue weighted by atomic mass is 10.2. The predicted molar refractivity (Wildman–Crippen MR) is 106 cm³/mol. The van der Waals surface area contributed by atoms with Crippen LogP contribution in [-0.2, 0) is 14.8 Å². The molecule has 1 heterocycles. The predicted octanol–water partition coefficient (Wildman–Crippen LogP) is 3.13. The molecule has 1 atom stereocenters. The zero-order chi connectivity index (χ0) is 22.1. The van der Waals surface area contributed by atoms with Gasteiger partial charge in [-0.2, -0.15) is 0 Å². The van der Waals surface area contributed by atoms with Gasteiger partial charge in [0.25, 0.3) is 0 Å². The number of anilines is 2. The van der Waals surface area contributed by atoms with Crippen molar-refractivity contribution in [3.8, 4) is 11.5 Å². The molecule has 1 aliphatic rings. The largest absolute Gasteiger partial charge is 0.586 e. The number of hydrogen-bond acceptors (Lipinski definition) is 6. The number of hydrogen-bond donors (Lipinski definition) is 3. The van der Waals surface area contributed by atoms with Crippen molar-refractivity contribution in [1.82, 2.24) is 4.72 Å². The first-order valence-corrected chi connectivity index (χ1v) is 10.5. The van der Waals surface area contributed by atoms with Crippen molar-refractivity contribution in [2.24, 2.45) is 0 Å². The van der Waals surface area contributed by atoms with Gasteiger partial charge in [-0.3, -0.25) is 4.79 Å². The second-order valence-corrected chi connectivity index (χ2v) is 8.70. The number of nitrogens with one attached hydrogen (secondary N) is 3. The molecule has 3 N–H and O–H groups in total. The molecule has 2 aromatic carbocycles. The summed E-state index contributed by atoms with van der Waals surface area (Å²) < 4.78 is 61.6. The van der Waals surface area contributed by atoms with E-state index in [9.17, 15) is 22.0 Å². The zero-order valence-electron chi connectivity index (χ0n) is 16.4. The standard InChI is InChI=1S/C19H21F2N3O5S/c1-11(2)24-30(26,27)15-7-4-13(5-8-15)23-18(25)12(3)22-14-6-9-16-17(10-14)29-19(20,21)28-16/h4-12,22,24H,1-3H3,(H,23,25). The number of fused-ring (bicyclic) bond motifs is 1. The fraction of sp³-hybridized carbons (Fsp3) is 0.316. The Kier molecular flexibility index (Phi) is 5.86. The van der Waals surface area contributed by atoms with Gasteiger partial charge in [-0.05, 0) is 57.2 Å². The van der Waals surface area contributed by atoms with E-state index >= 15 is 0 Å². The van der Waals surface area contributed by atoms with Crippen LogP contribution < -0.4 is 24.8 Å². The van der Waals surface area contributed by atoms with Crippen molar-refractivity contribution in [2.75, 3.05) is 10.6 Å². The maximum atomic E-state index is 13.1. The third-order valence-corrected chi connectivity index (χ3v) is 5.68. The molecule has 3 rings (SSSR count). The lowest BCUT2D eigenvalue weighted by molar-refractivity contribution is -0.286. The molecule has 0 saturated heterocycles. The molecular weight excluding hydrogens is 420 g/mol. The molecule has 8 nitrogen and oxygen atoms in total. The Balaban J connectivity index is 1.61. The van der Waals surface area contributed by atoms with Crippen LogP contribution >= 0.6 is 0 Å². The Morgan fingerprint density at radius 2 is 1.57 bits per heavy atom. The average Bonchev–Trinajstić information content (AvgIpc) is 2.94. The molecule has 11 heteroatoms. The second-order valence-electron chi connectivity index (χ2n) is 6.98. The first-order chi connectivity index (χ1) is 13.9. The Bertz CT molecular complexity index is 1040. The van der Waals surface area contributed by atoms with Crippen LogP contribution in [0.2, 0.25) is 0 Å². The van der Waals surface area contributed by atoms with Crippen LogP contribution in [0.4, 0.5) is 20.2 Å². The van der Waals surface area contributed by atoms with E-state index in [-0.39, 0.29) is 22.4 Å². The highest BCUT2D eigenvalue weighted by molar-refractivity contribution is 7.89. The second kappa shape index (κ2) is 8.07. The normalized spacial score (nSPS) is 15.7. The summed E-state index contributed by atoms with van der Waals surface area (Å²) in [4.78, 5) is 12.5. The van der Waals surface area contributed by atoms with Gasteiger partial charge in [-0.1, -0.05) is 0 Å². The molecule has 0 fully saturated rings. The van der Waals surface area contributed by atoms with Gasteiger partial charge >= 0.3 is 6.29 Å². The maximum Gasteiger partial charge on any atom is 0.586 e. The Hall–Kier alpha value is -2.92. The van der Waals surface area contributed by atoms with Gasteiger partial charge in [-0.25, -0.2) is 13.1 Å². The molecule has 0 saturated carbocycles. The van der Waals surface area contributed by atoms with Crippen molar-refractivity contribution in [3.05, 3.63) is 42.5 Å². The summed E-state index contributed by atoms with van der Waals surface area (Å²) in [6.45, 7) is 5.01. The highest BCUT2D eigenvalue weighted by Crippen LogP contribution is 2.42. The summed E-state index contributed by atoms with van der Waals surface area (Å²) >= 11 is 0. The molecule has 0 bridgehead atoms. The van der Waals surface area contributed by atoms with Gasteiger partial charge in [0, 0.05) is 23.5 Å². The number of sulfonamides is 1. The molecule has 2 aromatic rings. The van der Waals surface area contributed by atoms with E-state index in [1.807, 2.05) is 0 Å². The van der Waals surface area contributed by atoms with Gasteiger partial charge in [0.1, 0.15) is 6.04 Å². The molecule has 0 aliphatic carbocycles. The van der Waals surface area contributed by atoms with Crippen molar-refractivity contribution in [1.29, 1.82) is 0 Å². The molecule has 1 amide bonds. The van der Waals surface area contributed by atoms with Crippen LogP contribution in [-0.4, -0.2) is 32.7 Å². The number of ether oxygens (including phenoxy) is 2. The van der Waals surface area contributed by atoms with Gasteiger partial charge in [0.15, 0.2) is 11.5 Å². The third kappa shape index (κ3) is 5.16. The number of carbonyl (C=O) groups excluding carboxylic acids is 1. The highest BCUT2D eigenvalue weighted by Gasteiger charge is 2.43. The first kappa shape index (κ1) is 21.8. The van der Waals surface area contributed by atoms with Crippen LogP contribution in [0.3, 0.4) is 0 Å². The number of rotatable bonds is 7. The first-order valence-electron chi connectivity index (χ1n) is 9.05. The molecule has 1 aliphatic heterocycles. The summed E-state index contributed by atoms with van der Waals surface area (Å²) in [5.41, 5.74) is 0.793. The smallest absolute Gasteiger partial charge is 0.395 e. The number of alkyl halides is 2. The molecule has 162 valence electrons. The molecule has 0 radical (unpaired) electrons. The van der Waals surface area contributed by atoms with Crippen molar-refractivity contribution < 1.29 is 31.5 Å². The topological polar surface area (TPSA) is 106 Å². The SMILES string of the molecule is CC(C)NS(=O)(=O)c1ccc(NC(=O)C(C)Nc2ccc3c(c2)OC(F)(F)O3)cc1. The molecular formula is C19H21F2N3O5S. The highest BCUT2D eigenvalue weighted by atomic mass is 32.2. The maximum absolute atomic E-state index is 13.1. The minimum Gasteiger partial charge on any atom is -0.395 e. The monoisotopic (exact) mass is 441 g/mol. The van der Waals surface area contributed by atoms with E-state index in [1.54, 1.807) is 20.8 Å². The van der Waals surface area contributed by atoms with Crippen LogP contribution in [0.25, 0.3) is 0 Å². The summed E-state index contributed by atoms with van der Waals surface area (Å²) in [6.07, 6.45) is -3.71. The minimum absolute atomic E-state index is 0.0811. The van der Waals surface area contributed by atoms with Crippen LogP contribution in [0.15, 0.2) is 47.4 Å². The lowest BCUT2D eigenvalue weighted by Crippen LogP contribution is -2.32. The Morgan fingerprint density at radius 1 is 0.967 bits per heavy atom. The van der Waals surface area contributed by atoms with Crippen molar-refractivity contribution in [2.45, 2.75) is 44.0 Å². The summed E-state index contributed by atoms with van der Waals surface area (Å²) in [7, 11) is -3.63. The minimum atomic E-state index is -3.71. The van der Waals surface area contributed by atoms with Crippen molar-refractivity contribution in [3.63, 3.8) is 0 Å². The number of carbonyl (C=O) groups is 1. The number of halogens is 2. The summed E-state index contributed by atoms with van der Waals surface area (Å²) in [5, 5.41) is 5.53. The number of benzene rings is 2. The molecule has 30 heavy (non-hydrogen) atoms. The molecule has 1 unspecified atom stereocenters. The van der Waals surface area contributed by atoms with E-state index in [1.165, 1.54) is 42.5 Å². The average molecular weight is 441 g/mol. The molecule has 0 aromatic heterocycles. The van der Waals surface area contributed by atoms with E-state index in [2.05, 4.69) is 24.8 Å². The van der Waals surface area contributed by atoms with Crippen LogP contribution in [0.1, 0.15) is 20.8 Å². The van der Waals surface area contributed by atoms with Gasteiger partial charge in [-0.15, -0.1) is 8.78 Å². The van der Waals surface area contributed by atoms with E-state index in [4.69, 9.17) is 0 Å². The fourth-order valence-electron chi connectivity index (χ4n) is 2.70. The van der Waals surface area contributed by atoms with Gasteiger partial charge in [0.05, 0.1) is 4.90 Å². The van der Waals surface area contributed by atoms with E-state index in [0.717, 1.165) is 0 Å². The summed E-state index contributed by atoms with van der Waals surface area (Å²) in [6, 6.07) is 8.85. The van der Waals surface area contributed by atoms with Gasteiger partial charge in [0.2, 0.25) is 15.9 Å². The fourth-order valence-corrected chi connectivity index (χ4v) is 3.95. The Labute approximate surface area is 172 Å². The van der Waals surface area contributed by atoms with Crippen LogP contribution in [0.5, 0.6) is 11.5 Å². The Morgan fingerprint density at radius 3 is 2.20 bits per heavy atom. The lowest BCUT2D eigenvalue weighted by Gasteiger charge is -2.16. The third-order valence-electron chi connectivity index (χ3n) is 4.00. The summed E-state index contributed by atoms with van der Waals surface area (Å²) in [5.74, 6) is -0.636. The van der Waals surface area contributed by atoms with E-state index < -0.39 is 28.3 Å². The zero-order valence-corrected chi connectivity index (χ0v) is 17.2.